The highest BCUT2D eigenvalue weighted by atomic mass is 35.5. The third-order valence-electron chi connectivity index (χ3n) is 5.37. The van der Waals surface area contributed by atoms with Crippen molar-refractivity contribution in [2.45, 2.75) is 49.6 Å². The monoisotopic (exact) mass is 430 g/mol. The van der Waals surface area contributed by atoms with Gasteiger partial charge >= 0.3 is 0 Å². The van der Waals surface area contributed by atoms with Gasteiger partial charge in [-0.1, -0.05) is 6.07 Å². The summed E-state index contributed by atoms with van der Waals surface area (Å²) in [7, 11) is -3.86. The number of piperidine rings is 1. The molecule has 3 rings (SSSR count). The smallest absolute Gasteiger partial charge is 0.238 e. The quantitative estimate of drug-likeness (QED) is 0.731. The number of benzene rings is 1. The van der Waals surface area contributed by atoms with E-state index in [1.165, 1.54) is 23.1 Å². The minimum atomic E-state index is -3.86. The topological polar surface area (TPSA) is 127 Å². The number of hydrogen-bond acceptors (Lipinski definition) is 5. The van der Waals surface area contributed by atoms with E-state index < -0.39 is 15.9 Å². The third kappa shape index (κ3) is 4.65. The van der Waals surface area contributed by atoms with Crippen LogP contribution < -0.4 is 15.8 Å². The van der Waals surface area contributed by atoms with Gasteiger partial charge in [-0.15, -0.1) is 12.4 Å². The predicted octanol–water partition coefficient (Wildman–Crippen LogP) is 0.837. The van der Waals surface area contributed by atoms with Crippen LogP contribution in [0.25, 0.3) is 0 Å². The Morgan fingerprint density at radius 3 is 2.64 bits per heavy atom. The number of sulfonamides is 1. The van der Waals surface area contributed by atoms with Crippen LogP contribution >= 0.6 is 12.4 Å². The van der Waals surface area contributed by atoms with Crippen molar-refractivity contribution in [1.29, 1.82) is 0 Å². The summed E-state index contributed by atoms with van der Waals surface area (Å²) in [6, 6.07) is 5.81. The molecule has 0 radical (unpaired) electrons. The normalized spacial score (nSPS) is 24.0. The molecular weight excluding hydrogens is 404 g/mol. The molecule has 0 aromatic heterocycles. The second-order valence-corrected chi connectivity index (χ2v) is 8.96. The molecule has 156 valence electrons. The molecule has 1 aromatic rings. The van der Waals surface area contributed by atoms with Gasteiger partial charge in [0, 0.05) is 37.3 Å². The molecule has 3 atom stereocenters. The Hall–Kier alpha value is -1.68. The first kappa shape index (κ1) is 22.6. The van der Waals surface area contributed by atoms with Gasteiger partial charge in [-0.25, -0.2) is 13.6 Å². The van der Waals surface area contributed by atoms with Crippen molar-refractivity contribution in [2.75, 3.05) is 18.0 Å². The lowest BCUT2D eigenvalue weighted by molar-refractivity contribution is -0.139. The molecule has 0 bridgehead atoms. The van der Waals surface area contributed by atoms with E-state index in [0.717, 1.165) is 19.3 Å². The first-order chi connectivity index (χ1) is 12.7. The van der Waals surface area contributed by atoms with Crippen LogP contribution in [0.3, 0.4) is 0 Å². The van der Waals surface area contributed by atoms with Gasteiger partial charge in [-0.05, 0) is 44.4 Å². The summed E-state index contributed by atoms with van der Waals surface area (Å²) < 4.78 is 23.1. The molecule has 4 N–H and O–H groups in total. The van der Waals surface area contributed by atoms with Crippen LogP contribution in [0.15, 0.2) is 29.2 Å². The maximum atomic E-state index is 13.0. The van der Waals surface area contributed by atoms with Crippen LogP contribution in [0.4, 0.5) is 5.69 Å². The van der Waals surface area contributed by atoms with E-state index in [0.29, 0.717) is 12.2 Å². The van der Waals surface area contributed by atoms with E-state index in [1.807, 2.05) is 11.8 Å². The second-order valence-electron chi connectivity index (χ2n) is 7.40. The average molecular weight is 431 g/mol. The Morgan fingerprint density at radius 2 is 2.00 bits per heavy atom. The molecular formula is C18H27ClN4O4S. The van der Waals surface area contributed by atoms with Crippen LogP contribution in [-0.2, 0) is 19.6 Å². The number of primary sulfonamides is 1. The van der Waals surface area contributed by atoms with E-state index in [1.54, 1.807) is 6.07 Å². The Morgan fingerprint density at radius 1 is 1.29 bits per heavy atom. The fraction of sp³-hybridized carbons (Fsp3) is 0.556. The van der Waals surface area contributed by atoms with E-state index in [-0.39, 0.29) is 54.2 Å². The summed E-state index contributed by atoms with van der Waals surface area (Å²) >= 11 is 0. The molecule has 28 heavy (non-hydrogen) atoms. The summed E-state index contributed by atoms with van der Waals surface area (Å²) in [6.45, 7) is 2.80. The lowest BCUT2D eigenvalue weighted by atomic mass is 9.94. The van der Waals surface area contributed by atoms with Crippen LogP contribution in [0.1, 0.15) is 32.6 Å². The molecule has 10 heteroatoms. The number of hydrogen-bond donors (Lipinski definition) is 2. The summed E-state index contributed by atoms with van der Waals surface area (Å²) in [5.41, 5.74) is 6.49. The van der Waals surface area contributed by atoms with Crippen molar-refractivity contribution in [3.05, 3.63) is 24.3 Å². The first-order valence-corrected chi connectivity index (χ1v) is 10.7. The van der Waals surface area contributed by atoms with Gasteiger partial charge in [0.2, 0.25) is 21.8 Å². The van der Waals surface area contributed by atoms with Crippen LogP contribution in [0.2, 0.25) is 0 Å². The number of anilines is 1. The lowest BCUT2D eigenvalue weighted by Crippen LogP contribution is -2.53. The number of rotatable bonds is 4. The van der Waals surface area contributed by atoms with Crippen molar-refractivity contribution in [3.8, 4) is 0 Å². The lowest BCUT2D eigenvalue weighted by Gasteiger charge is -2.39. The zero-order valence-electron chi connectivity index (χ0n) is 15.8. The highest BCUT2D eigenvalue weighted by Gasteiger charge is 2.40. The number of carbonyl (C=O) groups is 2. The summed E-state index contributed by atoms with van der Waals surface area (Å²) in [5, 5.41) is 5.17. The Labute approximate surface area is 171 Å². The minimum Gasteiger partial charge on any atom is -0.338 e. The van der Waals surface area contributed by atoms with E-state index in [9.17, 15) is 18.0 Å². The molecule has 2 aliphatic rings. The minimum absolute atomic E-state index is 0. The van der Waals surface area contributed by atoms with Crippen molar-refractivity contribution >= 4 is 39.9 Å². The fourth-order valence-corrected chi connectivity index (χ4v) is 4.52. The van der Waals surface area contributed by atoms with E-state index in [2.05, 4.69) is 0 Å². The molecule has 2 aliphatic heterocycles. The second kappa shape index (κ2) is 8.77. The van der Waals surface area contributed by atoms with Crippen LogP contribution in [0.5, 0.6) is 0 Å². The summed E-state index contributed by atoms with van der Waals surface area (Å²) in [6.07, 6.45) is 2.98. The first-order valence-electron chi connectivity index (χ1n) is 9.18. The molecule has 2 amide bonds. The van der Waals surface area contributed by atoms with Crippen molar-refractivity contribution in [2.24, 2.45) is 16.8 Å². The maximum Gasteiger partial charge on any atom is 0.238 e. The van der Waals surface area contributed by atoms with Gasteiger partial charge in [-0.3, -0.25) is 9.59 Å². The standard InChI is InChI=1S/C18H26N4O4S.ClH/c1-12(19)16-7-2-3-8-21(16)18(24)13-9-17(23)22(11-13)14-5-4-6-15(10-14)27(20,25)26;/h4-6,10,12-13,16H,2-3,7-9,11,19H2,1H3,(H2,20,25,26);1H. The summed E-state index contributed by atoms with van der Waals surface area (Å²) in [5.74, 6) is -0.695. The van der Waals surface area contributed by atoms with Gasteiger partial charge in [-0.2, -0.15) is 0 Å². The molecule has 2 fully saturated rings. The largest absolute Gasteiger partial charge is 0.338 e. The Bertz CT molecular complexity index is 846. The van der Waals surface area contributed by atoms with Crippen molar-refractivity contribution in [3.63, 3.8) is 0 Å². The van der Waals surface area contributed by atoms with Gasteiger partial charge in [0.1, 0.15) is 0 Å². The number of amides is 2. The van der Waals surface area contributed by atoms with Gasteiger partial charge < -0.3 is 15.5 Å². The van der Waals surface area contributed by atoms with Crippen LogP contribution in [-0.4, -0.2) is 50.3 Å². The highest BCUT2D eigenvalue weighted by Crippen LogP contribution is 2.30. The molecule has 0 spiro atoms. The Kier molecular flexibility index (Phi) is 7.08. The van der Waals surface area contributed by atoms with Gasteiger partial charge in [0.25, 0.3) is 0 Å². The molecule has 2 saturated heterocycles. The molecule has 3 unspecified atom stereocenters. The number of nitrogens with zero attached hydrogens (tertiary/aromatic N) is 2. The van der Waals surface area contributed by atoms with Gasteiger partial charge in [0.05, 0.1) is 10.8 Å². The number of carbonyl (C=O) groups excluding carboxylic acids is 2. The zero-order chi connectivity index (χ0) is 19.8. The fourth-order valence-electron chi connectivity index (χ4n) is 3.96. The van der Waals surface area contributed by atoms with Gasteiger partial charge in [0.15, 0.2) is 0 Å². The molecule has 8 nitrogen and oxygen atoms in total. The summed E-state index contributed by atoms with van der Waals surface area (Å²) in [4.78, 5) is 28.8. The SMILES string of the molecule is CC(N)C1CCCCN1C(=O)C1CC(=O)N(c2cccc(S(N)(=O)=O)c2)C1.Cl. The molecule has 0 aliphatic carbocycles. The van der Waals surface area contributed by atoms with E-state index in [4.69, 9.17) is 10.9 Å². The molecule has 2 heterocycles. The van der Waals surface area contributed by atoms with E-state index >= 15 is 0 Å². The highest BCUT2D eigenvalue weighted by molar-refractivity contribution is 7.89. The Balaban J connectivity index is 0.00000280. The zero-order valence-corrected chi connectivity index (χ0v) is 17.4. The third-order valence-corrected chi connectivity index (χ3v) is 6.28. The van der Waals surface area contributed by atoms with Crippen molar-refractivity contribution in [1.82, 2.24) is 4.90 Å². The number of nitrogens with two attached hydrogens (primary N) is 2. The maximum absolute atomic E-state index is 13.0. The number of likely N-dealkylation sites (tertiary alicyclic amines) is 1. The average Bonchev–Trinajstić information content (AvgIpc) is 3.02. The van der Waals surface area contributed by atoms with Crippen molar-refractivity contribution < 1.29 is 18.0 Å². The molecule has 1 aromatic carbocycles. The predicted molar refractivity (Wildman–Crippen MR) is 109 cm³/mol. The van der Waals surface area contributed by atoms with Crippen LogP contribution in [0, 0.1) is 5.92 Å². The molecule has 0 saturated carbocycles. The number of halogens is 1.